The van der Waals surface area contributed by atoms with Gasteiger partial charge in [-0.05, 0) is 48.5 Å². The summed E-state index contributed by atoms with van der Waals surface area (Å²) in [5.41, 5.74) is 0.424. The average Bonchev–Trinajstić information content (AvgIpc) is 2.85. The molecule has 0 bridgehead atoms. The highest BCUT2D eigenvalue weighted by Gasteiger charge is 2.29. The van der Waals surface area contributed by atoms with Gasteiger partial charge in [0.05, 0.1) is 9.82 Å². The van der Waals surface area contributed by atoms with Gasteiger partial charge in [-0.25, -0.2) is 12.8 Å². The molecule has 4 rings (SSSR count). The molecule has 0 saturated carbocycles. The zero-order valence-corrected chi connectivity index (χ0v) is 18.6. The largest absolute Gasteiger partial charge is 0.369 e. The third kappa shape index (κ3) is 4.87. The zero-order chi connectivity index (χ0) is 24.3. The molecular weight excluding hydrogens is 465 g/mol. The van der Waals surface area contributed by atoms with E-state index in [1.165, 1.54) is 53.0 Å². The van der Waals surface area contributed by atoms with E-state index in [4.69, 9.17) is 0 Å². The van der Waals surface area contributed by atoms with Crippen LogP contribution >= 0.6 is 0 Å². The van der Waals surface area contributed by atoms with Crippen molar-refractivity contribution in [3.63, 3.8) is 0 Å². The highest BCUT2D eigenvalue weighted by atomic mass is 32.2. The predicted molar refractivity (Wildman–Crippen MR) is 123 cm³/mol. The second-order valence-corrected chi connectivity index (χ2v) is 9.44. The molecule has 34 heavy (non-hydrogen) atoms. The number of carbonyl (C=O) groups excluding carboxylic acids is 1. The molecule has 0 spiro atoms. The summed E-state index contributed by atoms with van der Waals surface area (Å²) in [5, 5.41) is 13.6. The lowest BCUT2D eigenvalue weighted by molar-refractivity contribution is -0.384. The zero-order valence-electron chi connectivity index (χ0n) is 17.8. The summed E-state index contributed by atoms with van der Waals surface area (Å²) < 4.78 is 40.9. The van der Waals surface area contributed by atoms with E-state index in [9.17, 15) is 27.7 Å². The van der Waals surface area contributed by atoms with Gasteiger partial charge in [0, 0.05) is 43.6 Å². The monoisotopic (exact) mass is 485 g/mol. The van der Waals surface area contributed by atoms with Crippen LogP contribution in [0.4, 0.5) is 21.5 Å². The molecule has 1 aliphatic rings. The number of aromatic nitrogens is 1. The first-order valence-electron chi connectivity index (χ1n) is 10.3. The van der Waals surface area contributed by atoms with Crippen LogP contribution in [-0.4, -0.2) is 54.7 Å². The Morgan fingerprint density at radius 1 is 1.06 bits per heavy atom. The summed E-state index contributed by atoms with van der Waals surface area (Å²) in [6, 6.07) is 12.8. The van der Waals surface area contributed by atoms with Gasteiger partial charge < -0.3 is 10.2 Å². The number of nitro groups is 1. The summed E-state index contributed by atoms with van der Waals surface area (Å²) in [6.45, 7) is 1.30. The number of piperazine rings is 1. The van der Waals surface area contributed by atoms with Crippen LogP contribution in [0, 0.1) is 15.9 Å². The molecule has 0 radical (unpaired) electrons. The van der Waals surface area contributed by atoms with Crippen molar-refractivity contribution in [3.05, 3.63) is 88.5 Å². The Morgan fingerprint density at radius 2 is 1.76 bits per heavy atom. The number of amides is 1. The van der Waals surface area contributed by atoms with Gasteiger partial charge in [-0.3, -0.25) is 19.9 Å². The lowest BCUT2D eigenvalue weighted by atomic mass is 10.2. The molecule has 2 aromatic carbocycles. The lowest BCUT2D eigenvalue weighted by Crippen LogP contribution is -2.48. The summed E-state index contributed by atoms with van der Waals surface area (Å²) in [4.78, 5) is 28.7. The van der Waals surface area contributed by atoms with Gasteiger partial charge in [0.15, 0.2) is 0 Å². The van der Waals surface area contributed by atoms with Crippen molar-refractivity contribution in [2.24, 2.45) is 0 Å². The minimum atomic E-state index is -3.88. The van der Waals surface area contributed by atoms with Gasteiger partial charge in [-0.2, -0.15) is 4.31 Å². The Kier molecular flexibility index (Phi) is 6.52. The first-order valence-corrected chi connectivity index (χ1v) is 11.7. The van der Waals surface area contributed by atoms with E-state index in [0.717, 1.165) is 11.9 Å². The topological polar surface area (TPSA) is 126 Å². The number of anilines is 2. The molecule has 10 nitrogen and oxygen atoms in total. The number of nitrogens with one attached hydrogen (secondary N) is 1. The first-order chi connectivity index (χ1) is 16.3. The lowest BCUT2D eigenvalue weighted by Gasteiger charge is -2.35. The fourth-order valence-electron chi connectivity index (χ4n) is 3.62. The number of halogens is 1. The molecule has 1 N–H and O–H groups in total. The summed E-state index contributed by atoms with van der Waals surface area (Å²) >= 11 is 0. The predicted octanol–water partition coefficient (Wildman–Crippen LogP) is 2.89. The van der Waals surface area contributed by atoms with Crippen molar-refractivity contribution >= 4 is 33.0 Å². The number of rotatable bonds is 6. The molecule has 1 amide bonds. The molecule has 2 heterocycles. The van der Waals surface area contributed by atoms with Crippen LogP contribution in [0.2, 0.25) is 0 Å². The van der Waals surface area contributed by atoms with E-state index >= 15 is 0 Å². The number of sulfonamides is 1. The highest BCUT2D eigenvalue weighted by molar-refractivity contribution is 7.89. The fourth-order valence-corrected chi connectivity index (χ4v) is 5.09. The third-order valence-corrected chi connectivity index (χ3v) is 7.30. The fraction of sp³-hybridized carbons (Fsp3) is 0.182. The number of hydrogen-bond acceptors (Lipinski definition) is 7. The average molecular weight is 485 g/mol. The summed E-state index contributed by atoms with van der Waals surface area (Å²) in [6.07, 6.45) is 2.32. The molecule has 1 aliphatic heterocycles. The Balaban J connectivity index is 1.48. The van der Waals surface area contributed by atoms with E-state index < -0.39 is 20.9 Å². The van der Waals surface area contributed by atoms with Crippen molar-refractivity contribution < 1.29 is 22.5 Å². The molecule has 3 aromatic rings. The molecule has 0 atom stereocenters. The Morgan fingerprint density at radius 3 is 2.44 bits per heavy atom. The molecule has 0 unspecified atom stereocenters. The number of carbonyl (C=O) groups is 1. The van der Waals surface area contributed by atoms with Crippen molar-refractivity contribution in [1.29, 1.82) is 0 Å². The maximum Gasteiger partial charge on any atom is 0.310 e. The number of pyridine rings is 1. The van der Waals surface area contributed by atoms with Gasteiger partial charge >= 0.3 is 5.69 Å². The van der Waals surface area contributed by atoms with Crippen molar-refractivity contribution in [2.45, 2.75) is 4.90 Å². The van der Waals surface area contributed by atoms with Crippen molar-refractivity contribution in [2.75, 3.05) is 36.4 Å². The van der Waals surface area contributed by atoms with E-state index in [-0.39, 0.29) is 40.7 Å². The number of nitrogens with zero attached hydrogens (tertiary/aromatic N) is 4. The summed E-state index contributed by atoms with van der Waals surface area (Å²) in [5.74, 6) is -1.03. The van der Waals surface area contributed by atoms with Crippen LogP contribution < -0.4 is 10.2 Å². The van der Waals surface area contributed by atoms with Crippen LogP contribution in [0.15, 0.2) is 71.9 Å². The SMILES string of the molecule is O=C(Nc1ccncc1[N+](=O)[O-])c1cccc(S(=O)(=O)N2CCN(c3ccc(F)cc3)CC2)c1. The smallest absolute Gasteiger partial charge is 0.310 e. The Bertz CT molecular complexity index is 1330. The minimum absolute atomic E-state index is 0.0390. The quantitative estimate of drug-likeness (QED) is 0.420. The van der Waals surface area contributed by atoms with Crippen LogP contribution in [0.1, 0.15) is 10.4 Å². The number of benzene rings is 2. The molecule has 1 saturated heterocycles. The normalized spacial score (nSPS) is 14.6. The third-order valence-electron chi connectivity index (χ3n) is 5.41. The standard InChI is InChI=1S/C22H20FN5O5S/c23-17-4-6-18(7-5-17)26-10-12-27(13-11-26)34(32,33)19-3-1-2-16(14-19)22(29)25-20-8-9-24-15-21(20)28(30)31/h1-9,14-15H,10-13H2,(H,24,25,29). The summed E-state index contributed by atoms with van der Waals surface area (Å²) in [7, 11) is -3.88. The molecule has 0 aliphatic carbocycles. The molecule has 12 heteroatoms. The molecule has 176 valence electrons. The van der Waals surface area contributed by atoms with Crippen LogP contribution in [-0.2, 0) is 10.0 Å². The van der Waals surface area contributed by atoms with Crippen LogP contribution in [0.5, 0.6) is 0 Å². The molecule has 1 fully saturated rings. The van der Waals surface area contributed by atoms with Gasteiger partial charge in [0.1, 0.15) is 17.7 Å². The Labute approximate surface area is 194 Å². The van der Waals surface area contributed by atoms with Crippen LogP contribution in [0.25, 0.3) is 0 Å². The second kappa shape index (κ2) is 9.53. The maximum atomic E-state index is 13.2. The van der Waals surface area contributed by atoms with E-state index in [0.29, 0.717) is 13.1 Å². The second-order valence-electron chi connectivity index (χ2n) is 7.50. The maximum absolute atomic E-state index is 13.2. The van der Waals surface area contributed by atoms with Gasteiger partial charge in [0.2, 0.25) is 10.0 Å². The van der Waals surface area contributed by atoms with Gasteiger partial charge in [-0.15, -0.1) is 0 Å². The van der Waals surface area contributed by atoms with Crippen LogP contribution in [0.3, 0.4) is 0 Å². The van der Waals surface area contributed by atoms with E-state index in [1.807, 2.05) is 4.90 Å². The molecule has 1 aromatic heterocycles. The number of hydrogen-bond donors (Lipinski definition) is 1. The minimum Gasteiger partial charge on any atom is -0.369 e. The van der Waals surface area contributed by atoms with Crippen molar-refractivity contribution in [3.8, 4) is 0 Å². The Hall–Kier alpha value is -3.90. The molecular formula is C22H20FN5O5S. The van der Waals surface area contributed by atoms with Crippen molar-refractivity contribution in [1.82, 2.24) is 9.29 Å². The van der Waals surface area contributed by atoms with Gasteiger partial charge in [0.25, 0.3) is 5.91 Å². The van der Waals surface area contributed by atoms with E-state index in [2.05, 4.69) is 10.3 Å². The first kappa shape index (κ1) is 23.3. The highest BCUT2D eigenvalue weighted by Crippen LogP contribution is 2.25. The van der Waals surface area contributed by atoms with Gasteiger partial charge in [-0.1, -0.05) is 6.07 Å². The van der Waals surface area contributed by atoms with E-state index in [1.54, 1.807) is 12.1 Å².